The van der Waals surface area contributed by atoms with E-state index in [0.29, 0.717) is 24.7 Å². The molecule has 2 aliphatic carbocycles. The Bertz CT molecular complexity index is 918. The molecule has 1 aromatic rings. The lowest BCUT2D eigenvalue weighted by Crippen LogP contribution is -2.24. The van der Waals surface area contributed by atoms with Gasteiger partial charge in [-0.2, -0.15) is 0 Å². The third kappa shape index (κ3) is 22.8. The number of anilines is 1. The summed E-state index contributed by atoms with van der Waals surface area (Å²) in [5, 5.41) is 2.95. The minimum absolute atomic E-state index is 0.250. The second-order valence-corrected chi connectivity index (χ2v) is 11.3. The number of carbonyl (C=O) groups is 3. The molecule has 3 rings (SSSR count). The number of hydrogen-bond donors (Lipinski definition) is 2. The summed E-state index contributed by atoms with van der Waals surface area (Å²) >= 11 is 0. The van der Waals surface area contributed by atoms with E-state index in [1.54, 1.807) is 12.3 Å². The quantitative estimate of drug-likeness (QED) is 0.110. The first kappa shape index (κ1) is 43.8. The van der Waals surface area contributed by atoms with E-state index in [9.17, 15) is 4.79 Å². The molecule has 2 aliphatic rings. The average Bonchev–Trinajstić information content (AvgIpc) is 3.07. The van der Waals surface area contributed by atoms with Crippen molar-refractivity contribution < 1.29 is 23.9 Å². The fourth-order valence-electron chi connectivity index (χ4n) is 5.51. The molecule has 45 heavy (non-hydrogen) atoms. The van der Waals surface area contributed by atoms with Crippen LogP contribution in [0.3, 0.4) is 0 Å². The van der Waals surface area contributed by atoms with Crippen molar-refractivity contribution in [3.8, 4) is 0 Å². The van der Waals surface area contributed by atoms with Crippen LogP contribution in [0.2, 0.25) is 0 Å². The first-order chi connectivity index (χ1) is 21.8. The SMILES string of the molecule is C/C=C\OCC1CCC(COC(=O)Nc2ccc(C)c(CCC3CCC(CC)CC3)c2)CC1.C=CC.C=CC=O.CC.NC=O. The van der Waals surface area contributed by atoms with Crippen LogP contribution in [0.5, 0.6) is 0 Å². The topological polar surface area (TPSA) is 108 Å². The van der Waals surface area contributed by atoms with Crippen LogP contribution < -0.4 is 11.1 Å². The maximum atomic E-state index is 12.4. The highest BCUT2D eigenvalue weighted by molar-refractivity contribution is 5.84. The maximum Gasteiger partial charge on any atom is 0.411 e. The molecule has 256 valence electrons. The highest BCUT2D eigenvalue weighted by Gasteiger charge is 2.23. The zero-order valence-electron chi connectivity index (χ0n) is 29.2. The number of primary amides is 1. The number of aryl methyl sites for hydroxylation is 2. The van der Waals surface area contributed by atoms with Gasteiger partial charge in [-0.15, -0.1) is 6.58 Å². The summed E-state index contributed by atoms with van der Waals surface area (Å²) in [6.45, 7) is 20.1. The van der Waals surface area contributed by atoms with Crippen molar-refractivity contribution in [3.05, 3.63) is 67.0 Å². The van der Waals surface area contributed by atoms with Crippen LogP contribution in [0.25, 0.3) is 0 Å². The monoisotopic (exact) mass is 628 g/mol. The molecule has 7 nitrogen and oxygen atoms in total. The molecule has 1 aromatic carbocycles. The number of hydrogen-bond acceptors (Lipinski definition) is 5. The molecular weight excluding hydrogens is 564 g/mol. The molecule has 2 fully saturated rings. The van der Waals surface area contributed by atoms with E-state index in [4.69, 9.17) is 19.1 Å². The van der Waals surface area contributed by atoms with Crippen LogP contribution >= 0.6 is 0 Å². The molecule has 0 heterocycles. The van der Waals surface area contributed by atoms with Crippen LogP contribution in [-0.2, 0) is 25.5 Å². The van der Waals surface area contributed by atoms with Gasteiger partial charge in [0.1, 0.15) is 6.29 Å². The van der Waals surface area contributed by atoms with Crippen LogP contribution in [0.4, 0.5) is 10.5 Å². The Hall–Kier alpha value is -3.35. The average molecular weight is 629 g/mol. The lowest BCUT2D eigenvalue weighted by molar-refractivity contribution is -0.107. The van der Waals surface area contributed by atoms with Crippen LogP contribution in [0, 0.1) is 30.6 Å². The Morgan fingerprint density at radius 2 is 1.42 bits per heavy atom. The molecule has 0 bridgehead atoms. The van der Waals surface area contributed by atoms with Gasteiger partial charge < -0.3 is 15.2 Å². The molecule has 0 radical (unpaired) electrons. The van der Waals surface area contributed by atoms with Gasteiger partial charge in [-0.3, -0.25) is 14.9 Å². The summed E-state index contributed by atoms with van der Waals surface area (Å²) in [6.07, 6.45) is 21.0. The molecule has 0 atom stereocenters. The van der Waals surface area contributed by atoms with Crippen molar-refractivity contribution in [2.75, 3.05) is 18.5 Å². The Balaban J connectivity index is 0. The number of carbonyl (C=O) groups excluding carboxylic acids is 3. The zero-order valence-corrected chi connectivity index (χ0v) is 29.2. The molecule has 0 aromatic heterocycles. The molecule has 0 aliphatic heterocycles. The van der Waals surface area contributed by atoms with Gasteiger partial charge in [-0.05, 0) is 112 Å². The Kier molecular flexibility index (Phi) is 29.8. The van der Waals surface area contributed by atoms with Crippen molar-refractivity contribution in [3.63, 3.8) is 0 Å². The Labute approximate surface area is 275 Å². The standard InChI is InChI=1S/C29H45NO3.C3H4O.C3H6.C2H6.CH3NO/c1-4-18-32-20-25-11-13-26(14-12-25)21-33-29(31)30-28-17-6-22(3)27(19-28)16-15-24-9-7-23(5-2)8-10-24;1-2-3-4;1-3-2;1-2;2-1-3/h4,6,17-19,23-26H,5,7-16,20-21H2,1-3H3,(H,30,31);2-3H,1H2;3H,1H2,2H3;1-2H3;1H,(H2,2,3)/b18-4-;;;;. The number of nitrogens with two attached hydrogens (primary N) is 1. The van der Waals surface area contributed by atoms with E-state index < -0.39 is 0 Å². The lowest BCUT2D eigenvalue weighted by Gasteiger charge is -2.28. The van der Waals surface area contributed by atoms with Crippen molar-refractivity contribution in [2.24, 2.45) is 29.4 Å². The Morgan fingerprint density at radius 1 is 0.933 bits per heavy atom. The summed E-state index contributed by atoms with van der Waals surface area (Å²) in [5.74, 6) is 2.90. The van der Waals surface area contributed by atoms with Gasteiger partial charge in [0.25, 0.3) is 0 Å². The summed E-state index contributed by atoms with van der Waals surface area (Å²) in [7, 11) is 0. The van der Waals surface area contributed by atoms with Crippen molar-refractivity contribution in [1.29, 1.82) is 0 Å². The predicted octanol–water partition coefficient (Wildman–Crippen LogP) is 9.74. The molecule has 0 saturated heterocycles. The molecular formula is C38H64N2O5. The summed E-state index contributed by atoms with van der Waals surface area (Å²) in [4.78, 5) is 30.0. The predicted molar refractivity (Wildman–Crippen MR) is 190 cm³/mol. The second kappa shape index (κ2) is 30.7. The van der Waals surface area contributed by atoms with Gasteiger partial charge in [0.2, 0.25) is 6.41 Å². The maximum absolute atomic E-state index is 12.4. The lowest BCUT2D eigenvalue weighted by atomic mass is 9.78. The largest absolute Gasteiger partial charge is 0.501 e. The number of aldehydes is 1. The van der Waals surface area contributed by atoms with E-state index in [0.717, 1.165) is 56.2 Å². The second-order valence-electron chi connectivity index (χ2n) is 11.3. The van der Waals surface area contributed by atoms with Gasteiger partial charge in [-0.25, -0.2) is 4.79 Å². The molecule has 3 N–H and O–H groups in total. The fraction of sp³-hybridized carbons (Fsp3) is 0.605. The normalized spacial score (nSPS) is 20.0. The minimum Gasteiger partial charge on any atom is -0.501 e. The van der Waals surface area contributed by atoms with E-state index in [-0.39, 0.29) is 12.5 Å². The highest BCUT2D eigenvalue weighted by Crippen LogP contribution is 2.33. The summed E-state index contributed by atoms with van der Waals surface area (Å²) in [6, 6.07) is 6.25. The van der Waals surface area contributed by atoms with Crippen molar-refractivity contribution in [1.82, 2.24) is 0 Å². The molecule has 7 heteroatoms. The number of ether oxygens (including phenoxy) is 2. The molecule has 2 amide bonds. The van der Waals surface area contributed by atoms with E-state index in [1.165, 1.54) is 55.7 Å². The number of amides is 2. The van der Waals surface area contributed by atoms with Gasteiger partial charge in [0.05, 0.1) is 19.5 Å². The van der Waals surface area contributed by atoms with E-state index >= 15 is 0 Å². The van der Waals surface area contributed by atoms with Crippen molar-refractivity contribution in [2.45, 2.75) is 112 Å². The number of rotatable bonds is 11. The fourth-order valence-corrected chi connectivity index (χ4v) is 5.51. The molecule has 0 unspecified atom stereocenters. The first-order valence-corrected chi connectivity index (χ1v) is 16.9. The number of allylic oxidation sites excluding steroid dienone is 3. The van der Waals surface area contributed by atoms with Crippen LogP contribution in [0.15, 0.2) is 55.8 Å². The van der Waals surface area contributed by atoms with Gasteiger partial charge in [0, 0.05) is 5.69 Å². The number of nitrogens with one attached hydrogen (secondary N) is 1. The van der Waals surface area contributed by atoms with Gasteiger partial charge in [0.15, 0.2) is 0 Å². The number of benzene rings is 1. The summed E-state index contributed by atoms with van der Waals surface area (Å²) in [5.41, 5.74) is 7.68. The minimum atomic E-state index is -0.332. The zero-order chi connectivity index (χ0) is 34.3. The highest BCUT2D eigenvalue weighted by atomic mass is 16.5. The smallest absolute Gasteiger partial charge is 0.411 e. The van der Waals surface area contributed by atoms with Crippen molar-refractivity contribution >= 4 is 24.5 Å². The third-order valence-electron chi connectivity index (χ3n) is 8.04. The van der Waals surface area contributed by atoms with Crippen LogP contribution in [-0.4, -0.2) is 32.0 Å². The van der Waals surface area contributed by atoms with Crippen LogP contribution in [0.1, 0.15) is 110 Å². The molecule has 2 saturated carbocycles. The Morgan fingerprint density at radius 3 is 1.91 bits per heavy atom. The summed E-state index contributed by atoms with van der Waals surface area (Å²) < 4.78 is 11.1. The molecule has 0 spiro atoms. The van der Waals surface area contributed by atoms with Gasteiger partial charge in [-0.1, -0.05) is 77.7 Å². The first-order valence-electron chi connectivity index (χ1n) is 16.9. The van der Waals surface area contributed by atoms with Gasteiger partial charge >= 0.3 is 6.09 Å². The third-order valence-corrected chi connectivity index (χ3v) is 8.04. The van der Waals surface area contributed by atoms with E-state index in [1.807, 2.05) is 39.8 Å². The van der Waals surface area contributed by atoms with E-state index in [2.05, 4.69) is 50.2 Å².